The highest BCUT2D eigenvalue weighted by Gasteiger charge is 2.09. The summed E-state index contributed by atoms with van der Waals surface area (Å²) in [6.45, 7) is 3.78. The van der Waals surface area contributed by atoms with Crippen molar-refractivity contribution < 1.29 is 9.90 Å². The maximum Gasteiger partial charge on any atom is 0.265 e. The summed E-state index contributed by atoms with van der Waals surface area (Å²) in [4.78, 5) is 11.2. The highest BCUT2D eigenvalue weighted by molar-refractivity contribution is 7.99. The minimum Gasteiger partial charge on any atom is -0.392 e. The highest BCUT2D eigenvalue weighted by atomic mass is 32.2. The minimum atomic E-state index is -0.317. The second-order valence-corrected chi connectivity index (χ2v) is 5.29. The number of aliphatic hydroxyl groups is 1. The third kappa shape index (κ3) is 4.38. The van der Waals surface area contributed by atoms with Crippen LogP contribution < -0.4 is 11.3 Å². The third-order valence-corrected chi connectivity index (χ3v) is 3.96. The number of thioether (sulfide) groups is 1. The van der Waals surface area contributed by atoms with Gasteiger partial charge >= 0.3 is 0 Å². The number of benzene rings is 1. The number of nitrogens with one attached hydrogen (secondary N) is 1. The zero-order valence-corrected chi connectivity index (χ0v) is 10.8. The van der Waals surface area contributed by atoms with Gasteiger partial charge in [0.15, 0.2) is 0 Å². The van der Waals surface area contributed by atoms with E-state index in [0.29, 0.717) is 5.56 Å². The largest absolute Gasteiger partial charge is 0.392 e. The van der Waals surface area contributed by atoms with Gasteiger partial charge in [-0.2, -0.15) is 11.8 Å². The summed E-state index contributed by atoms with van der Waals surface area (Å²) >= 11 is 1.68. The molecule has 0 saturated heterocycles. The molecule has 0 spiro atoms. The number of rotatable bonds is 5. The van der Waals surface area contributed by atoms with E-state index in [9.17, 15) is 9.90 Å². The summed E-state index contributed by atoms with van der Waals surface area (Å²) in [5.41, 5.74) is 3.76. The maximum atomic E-state index is 11.2. The number of carbonyl (C=O) groups is 1. The van der Waals surface area contributed by atoms with Crippen LogP contribution in [-0.4, -0.2) is 22.4 Å². The van der Waals surface area contributed by atoms with Gasteiger partial charge in [-0.25, -0.2) is 5.84 Å². The van der Waals surface area contributed by atoms with E-state index in [1.165, 1.54) is 0 Å². The fraction of sp³-hybridized carbons (Fsp3) is 0.417. The molecule has 0 heterocycles. The molecular weight excluding hydrogens is 236 g/mol. The van der Waals surface area contributed by atoms with Crippen LogP contribution in [0.3, 0.4) is 0 Å². The predicted molar refractivity (Wildman–Crippen MR) is 70.5 cm³/mol. The Kier molecular flexibility index (Phi) is 5.47. The number of aliphatic hydroxyl groups excluding tert-OH is 1. The molecule has 0 saturated carbocycles. The maximum absolute atomic E-state index is 11.2. The lowest BCUT2D eigenvalue weighted by Gasteiger charge is -2.13. The van der Waals surface area contributed by atoms with Crippen molar-refractivity contribution in [2.24, 2.45) is 5.84 Å². The number of amides is 1. The fourth-order valence-corrected chi connectivity index (χ4v) is 2.13. The molecule has 2 atom stereocenters. The molecule has 0 aliphatic heterocycles. The van der Waals surface area contributed by atoms with E-state index in [0.717, 1.165) is 11.3 Å². The van der Waals surface area contributed by atoms with E-state index in [1.54, 1.807) is 30.8 Å². The number of hydrogen-bond acceptors (Lipinski definition) is 4. The Bertz CT molecular complexity index is 365. The van der Waals surface area contributed by atoms with Crippen LogP contribution in [0.4, 0.5) is 0 Å². The van der Waals surface area contributed by atoms with E-state index in [-0.39, 0.29) is 17.3 Å². The van der Waals surface area contributed by atoms with Gasteiger partial charge in [0.05, 0.1) is 6.10 Å². The Morgan fingerprint density at radius 2 is 2.00 bits per heavy atom. The van der Waals surface area contributed by atoms with Gasteiger partial charge in [-0.1, -0.05) is 19.1 Å². The number of hydrogen-bond donors (Lipinski definition) is 3. The first-order valence-electron chi connectivity index (χ1n) is 5.44. The summed E-state index contributed by atoms with van der Waals surface area (Å²) < 4.78 is 0. The van der Waals surface area contributed by atoms with Crippen LogP contribution in [-0.2, 0) is 5.75 Å². The molecule has 4 nitrogen and oxygen atoms in total. The molecule has 1 aromatic carbocycles. The lowest BCUT2D eigenvalue weighted by atomic mass is 10.1. The standard InChI is InChI=1S/C12H18N2O2S/c1-8(15)9(2)17-7-10-3-5-11(6-4-10)12(16)14-13/h3-6,8-9,15H,7,13H2,1-2H3,(H,14,16). The molecule has 94 valence electrons. The zero-order chi connectivity index (χ0) is 12.8. The van der Waals surface area contributed by atoms with Crippen molar-refractivity contribution in [2.75, 3.05) is 0 Å². The van der Waals surface area contributed by atoms with Crippen LogP contribution in [0.25, 0.3) is 0 Å². The second-order valence-electron chi connectivity index (χ2n) is 3.93. The normalized spacial score (nSPS) is 14.1. The number of nitrogens with two attached hydrogens (primary N) is 1. The summed E-state index contributed by atoms with van der Waals surface area (Å²) in [6, 6.07) is 7.27. The molecule has 0 aliphatic carbocycles. The monoisotopic (exact) mass is 254 g/mol. The minimum absolute atomic E-state index is 0.196. The molecule has 4 N–H and O–H groups in total. The van der Waals surface area contributed by atoms with Gasteiger partial charge in [0, 0.05) is 16.6 Å². The van der Waals surface area contributed by atoms with Gasteiger partial charge in [-0.05, 0) is 24.6 Å². The molecule has 0 bridgehead atoms. The summed E-state index contributed by atoms with van der Waals surface area (Å²) in [5, 5.41) is 9.56. The number of hydrazine groups is 1. The average Bonchev–Trinajstić information content (AvgIpc) is 2.35. The first-order valence-corrected chi connectivity index (χ1v) is 6.49. The first-order chi connectivity index (χ1) is 8.04. The Morgan fingerprint density at radius 3 is 2.47 bits per heavy atom. The Hall–Kier alpha value is -1.04. The van der Waals surface area contributed by atoms with Crippen molar-refractivity contribution in [1.29, 1.82) is 0 Å². The zero-order valence-electron chi connectivity index (χ0n) is 10.0. The first kappa shape index (κ1) is 14.0. The highest BCUT2D eigenvalue weighted by Crippen LogP contribution is 2.20. The fourth-order valence-electron chi connectivity index (χ4n) is 1.20. The van der Waals surface area contributed by atoms with Crippen LogP contribution in [0, 0.1) is 0 Å². The molecule has 1 amide bonds. The van der Waals surface area contributed by atoms with Crippen molar-refractivity contribution in [3.05, 3.63) is 35.4 Å². The molecule has 2 unspecified atom stereocenters. The predicted octanol–water partition coefficient (Wildman–Crippen LogP) is 1.29. The van der Waals surface area contributed by atoms with Crippen LogP contribution in [0.1, 0.15) is 29.8 Å². The summed E-state index contributed by atoms with van der Waals surface area (Å²) in [5.74, 6) is 5.57. The van der Waals surface area contributed by atoms with Crippen molar-refractivity contribution in [3.63, 3.8) is 0 Å². The van der Waals surface area contributed by atoms with Gasteiger partial charge < -0.3 is 5.11 Å². The van der Waals surface area contributed by atoms with Gasteiger partial charge in [0.2, 0.25) is 0 Å². The van der Waals surface area contributed by atoms with Crippen molar-refractivity contribution in [1.82, 2.24) is 5.43 Å². The van der Waals surface area contributed by atoms with E-state index in [4.69, 9.17) is 5.84 Å². The molecule has 1 rings (SSSR count). The van der Waals surface area contributed by atoms with Crippen LogP contribution in [0.15, 0.2) is 24.3 Å². The van der Waals surface area contributed by atoms with Crippen LogP contribution in [0.2, 0.25) is 0 Å². The number of carbonyl (C=O) groups excluding carboxylic acids is 1. The molecular formula is C12H18N2O2S. The van der Waals surface area contributed by atoms with Gasteiger partial charge in [-0.3, -0.25) is 10.2 Å². The lowest BCUT2D eigenvalue weighted by molar-refractivity contribution is 0.0953. The van der Waals surface area contributed by atoms with E-state index in [1.807, 2.05) is 19.1 Å². The second kappa shape index (κ2) is 6.64. The third-order valence-electron chi connectivity index (χ3n) is 2.54. The van der Waals surface area contributed by atoms with Crippen LogP contribution in [0.5, 0.6) is 0 Å². The molecule has 0 aromatic heterocycles. The summed E-state index contributed by atoms with van der Waals surface area (Å²) in [7, 11) is 0. The molecule has 0 fully saturated rings. The Balaban J connectivity index is 2.54. The lowest BCUT2D eigenvalue weighted by Crippen LogP contribution is -2.29. The van der Waals surface area contributed by atoms with Gasteiger partial charge in [-0.15, -0.1) is 0 Å². The summed E-state index contributed by atoms with van der Waals surface area (Å²) in [6.07, 6.45) is -0.317. The topological polar surface area (TPSA) is 75.3 Å². The molecule has 5 heteroatoms. The molecule has 17 heavy (non-hydrogen) atoms. The van der Waals surface area contributed by atoms with Crippen LogP contribution >= 0.6 is 11.8 Å². The van der Waals surface area contributed by atoms with Gasteiger partial charge in [0.25, 0.3) is 5.91 Å². The number of nitrogen functional groups attached to an aromatic ring is 1. The van der Waals surface area contributed by atoms with E-state index >= 15 is 0 Å². The quantitative estimate of drug-likeness (QED) is 0.420. The molecule has 0 aliphatic rings. The SMILES string of the molecule is CC(O)C(C)SCc1ccc(C(=O)NN)cc1. The van der Waals surface area contributed by atoms with Crippen molar-refractivity contribution in [3.8, 4) is 0 Å². The van der Waals surface area contributed by atoms with Crippen molar-refractivity contribution in [2.45, 2.75) is 31.0 Å². The van der Waals surface area contributed by atoms with Crippen molar-refractivity contribution >= 4 is 17.7 Å². The molecule has 1 aromatic rings. The Morgan fingerprint density at radius 1 is 1.41 bits per heavy atom. The Labute approximate surface area is 106 Å². The average molecular weight is 254 g/mol. The van der Waals surface area contributed by atoms with E-state index in [2.05, 4.69) is 5.43 Å². The smallest absolute Gasteiger partial charge is 0.265 e. The van der Waals surface area contributed by atoms with Gasteiger partial charge in [0.1, 0.15) is 0 Å². The van der Waals surface area contributed by atoms with E-state index < -0.39 is 0 Å². The molecule has 0 radical (unpaired) electrons.